The molecule has 1 rings (SSSR count). The molecule has 1 heterocycles. The van der Waals surface area contributed by atoms with Gasteiger partial charge in [-0.1, -0.05) is 110 Å². The third kappa shape index (κ3) is 11.6. The number of H-pyrrole nitrogens is 1. The number of hydrogen-bond acceptors (Lipinski definition) is 0. The van der Waals surface area contributed by atoms with Gasteiger partial charge in [-0.15, -0.1) is 0 Å². The number of unbranched alkanes of at least 4 members (excludes halogenated alkanes) is 13. The number of aromatic amines is 1. The normalized spacial score (nSPS) is 12.6. The van der Waals surface area contributed by atoms with Crippen molar-refractivity contribution in [3.05, 3.63) is 18.2 Å². The van der Waals surface area contributed by atoms with Crippen LogP contribution >= 0.6 is 0 Å². The average molecular weight is 378 g/mol. The minimum absolute atomic E-state index is 0.731. The highest BCUT2D eigenvalue weighted by atomic mass is 15.1. The zero-order valence-electron chi connectivity index (χ0n) is 18.9. The SMILES string of the molecule is CCCCCCCCCCCCCC[C@H](CCCCC)c1[nH]cc[n+]1CC. The molecule has 1 aromatic heterocycles. The van der Waals surface area contributed by atoms with Gasteiger partial charge < -0.3 is 0 Å². The second-order valence-corrected chi connectivity index (χ2v) is 8.50. The predicted octanol–water partition coefficient (Wildman–Crippen LogP) is 8.08. The summed E-state index contributed by atoms with van der Waals surface area (Å²) in [5.74, 6) is 2.20. The molecular formula is C25H49N2+. The maximum absolute atomic E-state index is 3.54. The zero-order valence-corrected chi connectivity index (χ0v) is 18.9. The third-order valence-electron chi connectivity index (χ3n) is 6.08. The zero-order chi connectivity index (χ0) is 19.6. The summed E-state index contributed by atoms with van der Waals surface area (Å²) in [5, 5.41) is 0. The second-order valence-electron chi connectivity index (χ2n) is 8.50. The van der Waals surface area contributed by atoms with E-state index in [1.54, 1.807) is 0 Å². The van der Waals surface area contributed by atoms with E-state index >= 15 is 0 Å². The largest absolute Gasteiger partial charge is 0.257 e. The molecule has 0 bridgehead atoms. The smallest absolute Gasteiger partial charge is 0.247 e. The minimum Gasteiger partial charge on any atom is -0.247 e. The molecule has 1 atom stereocenters. The molecule has 2 nitrogen and oxygen atoms in total. The first-order valence-electron chi connectivity index (χ1n) is 12.4. The first-order chi connectivity index (χ1) is 13.3. The Hall–Kier alpha value is -0.790. The number of rotatable bonds is 19. The number of aryl methyl sites for hydroxylation is 1. The molecule has 27 heavy (non-hydrogen) atoms. The van der Waals surface area contributed by atoms with Gasteiger partial charge in [0.15, 0.2) is 0 Å². The lowest BCUT2D eigenvalue weighted by Gasteiger charge is -2.13. The predicted molar refractivity (Wildman–Crippen MR) is 119 cm³/mol. The summed E-state index contributed by atoms with van der Waals surface area (Å²) in [5.41, 5.74) is 0. The summed E-state index contributed by atoms with van der Waals surface area (Å²) >= 11 is 0. The van der Waals surface area contributed by atoms with E-state index in [0.717, 1.165) is 12.5 Å². The van der Waals surface area contributed by atoms with Crippen molar-refractivity contribution < 1.29 is 4.57 Å². The van der Waals surface area contributed by atoms with E-state index in [2.05, 4.69) is 42.7 Å². The van der Waals surface area contributed by atoms with Gasteiger partial charge in [0.05, 0.1) is 12.5 Å². The Morgan fingerprint density at radius 1 is 0.667 bits per heavy atom. The van der Waals surface area contributed by atoms with Crippen molar-refractivity contribution in [3.8, 4) is 0 Å². The summed E-state index contributed by atoms with van der Waals surface area (Å²) < 4.78 is 2.41. The minimum atomic E-state index is 0.731. The number of imidazole rings is 1. The molecule has 0 aliphatic rings. The Kier molecular flexibility index (Phi) is 15.6. The molecule has 0 saturated carbocycles. The topological polar surface area (TPSA) is 19.7 Å². The van der Waals surface area contributed by atoms with Crippen LogP contribution in [-0.4, -0.2) is 4.98 Å². The van der Waals surface area contributed by atoms with Crippen molar-refractivity contribution in [2.24, 2.45) is 0 Å². The Balaban J connectivity index is 2.11. The first kappa shape index (κ1) is 24.2. The van der Waals surface area contributed by atoms with Gasteiger partial charge in [0.1, 0.15) is 12.4 Å². The average Bonchev–Trinajstić information content (AvgIpc) is 3.16. The first-order valence-corrected chi connectivity index (χ1v) is 12.4. The van der Waals surface area contributed by atoms with Crippen LogP contribution in [0.2, 0.25) is 0 Å². The summed E-state index contributed by atoms with van der Waals surface area (Å²) in [4.78, 5) is 3.54. The highest BCUT2D eigenvalue weighted by molar-refractivity contribution is 4.89. The molecule has 158 valence electrons. The lowest BCUT2D eigenvalue weighted by atomic mass is 9.93. The van der Waals surface area contributed by atoms with Gasteiger partial charge in [-0.05, 0) is 19.8 Å². The van der Waals surface area contributed by atoms with Crippen LogP contribution in [0.15, 0.2) is 12.4 Å². The molecule has 0 unspecified atom stereocenters. The van der Waals surface area contributed by atoms with Gasteiger partial charge >= 0.3 is 0 Å². The standard InChI is InChI=1S/C25H48N2/c1-4-7-9-10-11-12-13-14-15-16-17-19-21-24(20-18-8-5-2)25-26-22-23-27(25)6-3/h22-24H,4-21H2,1-3H3/p+1/t24-/m0/s1. The summed E-state index contributed by atoms with van der Waals surface area (Å²) in [6.45, 7) is 7.94. The Morgan fingerprint density at radius 2 is 1.11 bits per heavy atom. The van der Waals surface area contributed by atoms with Crippen molar-refractivity contribution in [1.82, 2.24) is 4.98 Å². The quantitative estimate of drug-likeness (QED) is 0.186. The molecular weight excluding hydrogens is 328 g/mol. The van der Waals surface area contributed by atoms with Gasteiger partial charge in [0.25, 0.3) is 5.82 Å². The molecule has 0 aliphatic carbocycles. The fourth-order valence-corrected chi connectivity index (χ4v) is 4.29. The van der Waals surface area contributed by atoms with E-state index in [0.29, 0.717) is 0 Å². The van der Waals surface area contributed by atoms with Gasteiger partial charge in [-0.2, -0.15) is 0 Å². The van der Waals surface area contributed by atoms with Gasteiger partial charge in [-0.3, -0.25) is 0 Å². The lowest BCUT2D eigenvalue weighted by Crippen LogP contribution is -2.36. The van der Waals surface area contributed by atoms with Crippen molar-refractivity contribution in [3.63, 3.8) is 0 Å². The van der Waals surface area contributed by atoms with Crippen molar-refractivity contribution in [1.29, 1.82) is 0 Å². The molecule has 0 aromatic carbocycles. The van der Waals surface area contributed by atoms with Crippen molar-refractivity contribution >= 4 is 0 Å². The number of nitrogens with one attached hydrogen (secondary N) is 1. The van der Waals surface area contributed by atoms with Crippen LogP contribution in [0.3, 0.4) is 0 Å². The summed E-state index contributed by atoms with van der Waals surface area (Å²) in [6.07, 6.45) is 28.4. The molecule has 1 aromatic rings. The third-order valence-corrected chi connectivity index (χ3v) is 6.08. The monoisotopic (exact) mass is 377 g/mol. The fourth-order valence-electron chi connectivity index (χ4n) is 4.29. The molecule has 2 heteroatoms. The van der Waals surface area contributed by atoms with Gasteiger partial charge in [0, 0.05) is 0 Å². The Bertz CT molecular complexity index is 424. The molecule has 0 radical (unpaired) electrons. The maximum Gasteiger partial charge on any atom is 0.257 e. The van der Waals surface area contributed by atoms with Crippen LogP contribution in [0, 0.1) is 0 Å². The molecule has 0 fully saturated rings. The molecule has 0 saturated heterocycles. The van der Waals surface area contributed by atoms with Crippen LogP contribution in [-0.2, 0) is 6.54 Å². The van der Waals surface area contributed by atoms with E-state index < -0.39 is 0 Å². The van der Waals surface area contributed by atoms with Crippen molar-refractivity contribution in [2.75, 3.05) is 0 Å². The van der Waals surface area contributed by atoms with E-state index in [9.17, 15) is 0 Å². The van der Waals surface area contributed by atoms with E-state index in [4.69, 9.17) is 0 Å². The number of hydrogen-bond donors (Lipinski definition) is 1. The highest BCUT2D eigenvalue weighted by Crippen LogP contribution is 2.25. The summed E-state index contributed by atoms with van der Waals surface area (Å²) in [6, 6.07) is 0. The van der Waals surface area contributed by atoms with Crippen LogP contribution in [0.1, 0.15) is 142 Å². The van der Waals surface area contributed by atoms with Crippen LogP contribution in [0.25, 0.3) is 0 Å². The highest BCUT2D eigenvalue weighted by Gasteiger charge is 2.21. The van der Waals surface area contributed by atoms with Crippen LogP contribution in [0.5, 0.6) is 0 Å². The molecule has 0 amide bonds. The fraction of sp³-hybridized carbons (Fsp3) is 0.880. The number of aromatic nitrogens is 2. The van der Waals surface area contributed by atoms with Gasteiger partial charge in [0.2, 0.25) is 0 Å². The second kappa shape index (κ2) is 17.3. The number of nitrogens with zero attached hydrogens (tertiary/aromatic N) is 1. The van der Waals surface area contributed by atoms with Crippen molar-refractivity contribution in [2.45, 2.75) is 142 Å². The summed E-state index contributed by atoms with van der Waals surface area (Å²) in [7, 11) is 0. The lowest BCUT2D eigenvalue weighted by molar-refractivity contribution is -0.701. The van der Waals surface area contributed by atoms with Crippen LogP contribution < -0.4 is 4.57 Å². The van der Waals surface area contributed by atoms with Crippen LogP contribution in [0.4, 0.5) is 0 Å². The maximum atomic E-state index is 3.54. The molecule has 0 spiro atoms. The molecule has 1 N–H and O–H groups in total. The van der Waals surface area contributed by atoms with E-state index in [1.165, 1.54) is 115 Å². The Morgan fingerprint density at radius 3 is 1.63 bits per heavy atom. The van der Waals surface area contributed by atoms with E-state index in [1.807, 2.05) is 0 Å². The van der Waals surface area contributed by atoms with E-state index in [-0.39, 0.29) is 0 Å². The Labute approximate surface area is 170 Å². The molecule has 0 aliphatic heterocycles. The van der Waals surface area contributed by atoms with Gasteiger partial charge in [-0.25, -0.2) is 9.55 Å².